The molecule has 140 valence electrons. The summed E-state index contributed by atoms with van der Waals surface area (Å²) in [7, 11) is 0. The summed E-state index contributed by atoms with van der Waals surface area (Å²) in [5.41, 5.74) is 1.23. The van der Waals surface area contributed by atoms with Crippen molar-refractivity contribution in [3.63, 3.8) is 0 Å². The lowest BCUT2D eigenvalue weighted by atomic mass is 10.2. The van der Waals surface area contributed by atoms with Crippen LogP contribution in [0.4, 0.5) is 0 Å². The van der Waals surface area contributed by atoms with Crippen LogP contribution in [0.15, 0.2) is 4.79 Å². The van der Waals surface area contributed by atoms with Crippen LogP contribution in [0, 0.1) is 0 Å². The first kappa shape index (κ1) is 18.0. The Balaban J connectivity index is 1.32. The lowest BCUT2D eigenvalue weighted by Gasteiger charge is -2.20. The van der Waals surface area contributed by atoms with Crippen molar-refractivity contribution in [1.82, 2.24) is 14.9 Å². The smallest absolute Gasteiger partial charge is 0.259 e. The number of thiophene rings is 1. The van der Waals surface area contributed by atoms with E-state index >= 15 is 0 Å². The number of hydrogen-bond donors (Lipinski definition) is 1. The molecule has 0 spiro atoms. The van der Waals surface area contributed by atoms with Crippen LogP contribution in [-0.2, 0) is 23.4 Å². The van der Waals surface area contributed by atoms with E-state index in [9.17, 15) is 9.59 Å². The van der Waals surface area contributed by atoms with Crippen LogP contribution in [-0.4, -0.2) is 39.6 Å². The van der Waals surface area contributed by atoms with Gasteiger partial charge >= 0.3 is 0 Å². The van der Waals surface area contributed by atoms with Crippen molar-refractivity contribution in [2.75, 3.05) is 18.8 Å². The molecule has 0 atom stereocenters. The van der Waals surface area contributed by atoms with E-state index in [-0.39, 0.29) is 11.5 Å². The Bertz CT molecular complexity index is 850. The fourth-order valence-corrected chi connectivity index (χ4v) is 6.00. The molecule has 0 unspecified atom stereocenters. The predicted molar refractivity (Wildman–Crippen MR) is 108 cm³/mol. The van der Waals surface area contributed by atoms with Crippen molar-refractivity contribution < 1.29 is 4.79 Å². The number of carbonyl (C=O) groups is 1. The number of hydrogen-bond acceptors (Lipinski definition) is 5. The molecule has 1 saturated heterocycles. The highest BCUT2D eigenvalue weighted by atomic mass is 32.2. The van der Waals surface area contributed by atoms with E-state index in [0.29, 0.717) is 12.2 Å². The number of amides is 1. The van der Waals surface area contributed by atoms with Crippen LogP contribution in [0.1, 0.15) is 54.8 Å². The quantitative estimate of drug-likeness (QED) is 0.792. The highest BCUT2D eigenvalue weighted by molar-refractivity contribution is 7.98. The van der Waals surface area contributed by atoms with Gasteiger partial charge in [0.1, 0.15) is 10.7 Å². The van der Waals surface area contributed by atoms with Gasteiger partial charge in [-0.05, 0) is 37.7 Å². The molecular formula is C19H25N3O2S2. The maximum absolute atomic E-state index is 12.4. The largest absolute Gasteiger partial charge is 0.343 e. The van der Waals surface area contributed by atoms with E-state index < -0.39 is 0 Å². The zero-order valence-electron chi connectivity index (χ0n) is 15.0. The van der Waals surface area contributed by atoms with Crippen LogP contribution < -0.4 is 5.56 Å². The standard InChI is InChI=1S/C19H25N3O2S2/c23-16(22-9-3-1-2-4-10-22)8-11-25-12-15-20-18(24)17-13-6-5-7-14(13)26-19(17)21-15/h1-12H2,(H,20,21,24). The molecule has 7 heteroatoms. The molecule has 2 aliphatic rings. The second-order valence-corrected chi connectivity index (χ2v) is 9.34. The third-order valence-electron chi connectivity index (χ3n) is 5.28. The van der Waals surface area contributed by atoms with E-state index in [1.165, 1.54) is 23.3 Å². The number of carbonyl (C=O) groups excluding carboxylic acids is 1. The molecule has 1 aliphatic heterocycles. The molecule has 0 bridgehead atoms. The topological polar surface area (TPSA) is 66.1 Å². The van der Waals surface area contributed by atoms with Crippen LogP contribution >= 0.6 is 23.1 Å². The third kappa shape index (κ3) is 3.83. The number of nitrogens with zero attached hydrogens (tertiary/aromatic N) is 2. The monoisotopic (exact) mass is 391 g/mol. The maximum Gasteiger partial charge on any atom is 0.259 e. The summed E-state index contributed by atoms with van der Waals surface area (Å²) in [6.07, 6.45) is 8.57. The molecule has 1 amide bonds. The highest BCUT2D eigenvalue weighted by Gasteiger charge is 2.21. The Morgan fingerprint density at radius 3 is 2.77 bits per heavy atom. The van der Waals surface area contributed by atoms with Gasteiger partial charge in [-0.15, -0.1) is 11.3 Å². The molecule has 3 heterocycles. The summed E-state index contributed by atoms with van der Waals surface area (Å²) in [6, 6.07) is 0. The predicted octanol–water partition coefficient (Wildman–Crippen LogP) is 3.50. The van der Waals surface area contributed by atoms with Crippen LogP contribution in [0.5, 0.6) is 0 Å². The number of H-pyrrole nitrogens is 1. The van der Waals surface area contributed by atoms with Gasteiger partial charge in [-0.3, -0.25) is 9.59 Å². The van der Waals surface area contributed by atoms with Crippen LogP contribution in [0.2, 0.25) is 0 Å². The Morgan fingerprint density at radius 2 is 1.96 bits per heavy atom. The number of fused-ring (bicyclic) bond motifs is 3. The van der Waals surface area contributed by atoms with E-state index in [4.69, 9.17) is 0 Å². The van der Waals surface area contributed by atoms with Crippen molar-refractivity contribution in [3.05, 3.63) is 26.6 Å². The Labute approximate surface area is 161 Å². The first-order valence-electron chi connectivity index (χ1n) is 9.61. The number of thioether (sulfide) groups is 1. The summed E-state index contributed by atoms with van der Waals surface area (Å²) in [5, 5.41) is 0.813. The molecule has 2 aromatic rings. The summed E-state index contributed by atoms with van der Waals surface area (Å²) in [6.45, 7) is 1.83. The number of aromatic amines is 1. The third-order valence-corrected chi connectivity index (χ3v) is 7.44. The summed E-state index contributed by atoms with van der Waals surface area (Å²) in [4.78, 5) is 36.6. The molecule has 0 saturated carbocycles. The SMILES string of the molecule is O=C(CCSCc1nc2sc3c(c2c(=O)[nH]1)CCC3)N1CCCCCC1. The van der Waals surface area contributed by atoms with Crippen molar-refractivity contribution in [2.24, 2.45) is 0 Å². The molecule has 5 nitrogen and oxygen atoms in total. The van der Waals surface area contributed by atoms with E-state index in [1.807, 2.05) is 4.90 Å². The van der Waals surface area contributed by atoms with Gasteiger partial charge in [-0.1, -0.05) is 12.8 Å². The minimum atomic E-state index is 0.00523. The van der Waals surface area contributed by atoms with Crippen molar-refractivity contribution in [1.29, 1.82) is 0 Å². The lowest BCUT2D eigenvalue weighted by Crippen LogP contribution is -2.31. The van der Waals surface area contributed by atoms with Gasteiger partial charge in [0.2, 0.25) is 5.91 Å². The molecule has 26 heavy (non-hydrogen) atoms. The van der Waals surface area contributed by atoms with Crippen molar-refractivity contribution in [2.45, 2.75) is 57.1 Å². The van der Waals surface area contributed by atoms with Gasteiger partial charge in [0.25, 0.3) is 5.56 Å². The van der Waals surface area contributed by atoms with Crippen molar-refractivity contribution >= 4 is 39.2 Å². The Hall–Kier alpha value is -1.34. The molecule has 1 aliphatic carbocycles. The van der Waals surface area contributed by atoms with Gasteiger partial charge in [0, 0.05) is 30.1 Å². The molecular weight excluding hydrogens is 366 g/mol. The Morgan fingerprint density at radius 1 is 1.15 bits per heavy atom. The second-order valence-electron chi connectivity index (χ2n) is 7.15. The first-order chi connectivity index (χ1) is 12.7. The molecule has 2 aromatic heterocycles. The van der Waals surface area contributed by atoms with Gasteiger partial charge < -0.3 is 9.88 Å². The molecule has 1 fully saturated rings. The lowest BCUT2D eigenvalue weighted by molar-refractivity contribution is -0.130. The zero-order chi connectivity index (χ0) is 17.9. The average molecular weight is 392 g/mol. The second kappa shape index (κ2) is 8.13. The summed E-state index contributed by atoms with van der Waals surface area (Å²) < 4.78 is 0. The number of rotatable bonds is 5. The van der Waals surface area contributed by atoms with Crippen molar-refractivity contribution in [3.8, 4) is 0 Å². The molecule has 4 rings (SSSR count). The Kier molecular flexibility index (Phi) is 5.64. The van der Waals surface area contributed by atoms with Gasteiger partial charge in [0.05, 0.1) is 11.1 Å². The maximum atomic E-state index is 12.4. The van der Waals surface area contributed by atoms with Crippen LogP contribution in [0.25, 0.3) is 10.2 Å². The van der Waals surface area contributed by atoms with E-state index in [1.54, 1.807) is 23.1 Å². The highest BCUT2D eigenvalue weighted by Crippen LogP contribution is 2.34. The van der Waals surface area contributed by atoms with E-state index in [0.717, 1.165) is 67.0 Å². The minimum absolute atomic E-state index is 0.00523. The van der Waals surface area contributed by atoms with Gasteiger partial charge in [-0.25, -0.2) is 4.98 Å². The molecule has 1 N–H and O–H groups in total. The van der Waals surface area contributed by atoms with Gasteiger partial charge in [-0.2, -0.15) is 11.8 Å². The van der Waals surface area contributed by atoms with Crippen LogP contribution in [0.3, 0.4) is 0 Å². The fraction of sp³-hybridized carbons (Fsp3) is 0.632. The molecule has 0 radical (unpaired) electrons. The fourth-order valence-electron chi connectivity index (χ4n) is 3.92. The first-order valence-corrected chi connectivity index (χ1v) is 11.6. The summed E-state index contributed by atoms with van der Waals surface area (Å²) in [5.74, 6) is 2.43. The minimum Gasteiger partial charge on any atom is -0.343 e. The van der Waals surface area contributed by atoms with Gasteiger partial charge in [0.15, 0.2) is 0 Å². The number of nitrogens with one attached hydrogen (secondary N) is 1. The number of aromatic nitrogens is 2. The number of aryl methyl sites for hydroxylation is 2. The average Bonchev–Trinajstić information content (AvgIpc) is 3.08. The van der Waals surface area contributed by atoms with E-state index in [2.05, 4.69) is 9.97 Å². The zero-order valence-corrected chi connectivity index (χ0v) is 16.6. The normalized spacial score (nSPS) is 17.5. The summed E-state index contributed by atoms with van der Waals surface area (Å²) >= 11 is 3.35. The molecule has 0 aromatic carbocycles. The number of likely N-dealkylation sites (tertiary alicyclic amines) is 1.